The number of hydrogen-bond donors (Lipinski definition) is 1. The average molecular weight is 445 g/mol. The zero-order valence-electron chi connectivity index (χ0n) is 17.9. The summed E-state index contributed by atoms with van der Waals surface area (Å²) in [7, 11) is 1.65. The summed E-state index contributed by atoms with van der Waals surface area (Å²) in [6.45, 7) is 1.52. The Kier molecular flexibility index (Phi) is 6.61. The summed E-state index contributed by atoms with van der Waals surface area (Å²) >= 11 is 1.64. The average Bonchev–Trinajstić information content (AvgIpc) is 2.81. The number of carbonyl (C=O) groups excluding carboxylic acids is 2. The molecular weight excluding hydrogens is 420 g/mol. The first kappa shape index (κ1) is 21.7. The van der Waals surface area contributed by atoms with Gasteiger partial charge in [-0.15, -0.1) is 0 Å². The molecule has 0 fully saturated rings. The summed E-state index contributed by atoms with van der Waals surface area (Å²) in [6.07, 6.45) is 3.85. The number of methoxy groups -OCH3 is 1. The number of nitrogens with zero attached hydrogens (tertiary/aromatic N) is 1. The van der Waals surface area contributed by atoms with Gasteiger partial charge in [-0.25, -0.2) is 0 Å². The van der Waals surface area contributed by atoms with Crippen LogP contribution >= 0.6 is 11.8 Å². The van der Waals surface area contributed by atoms with Crippen LogP contribution in [-0.2, 0) is 9.59 Å². The van der Waals surface area contributed by atoms with Crippen LogP contribution < -0.4 is 10.1 Å². The van der Waals surface area contributed by atoms with Gasteiger partial charge >= 0.3 is 0 Å². The Bertz CT molecular complexity index is 1140. The zero-order valence-corrected chi connectivity index (χ0v) is 18.8. The topological polar surface area (TPSA) is 58.6 Å². The summed E-state index contributed by atoms with van der Waals surface area (Å²) in [6, 6.07) is 23.1. The van der Waals surface area contributed by atoms with Gasteiger partial charge in [0.25, 0.3) is 0 Å². The molecule has 0 spiro atoms. The smallest absolute Gasteiger partial charge is 0.226 e. The Morgan fingerprint density at radius 3 is 2.28 bits per heavy atom. The highest BCUT2D eigenvalue weighted by molar-refractivity contribution is 7.99. The molecule has 0 radical (unpaired) electrons. The molecule has 162 valence electrons. The van der Waals surface area contributed by atoms with E-state index >= 15 is 0 Å². The van der Waals surface area contributed by atoms with Gasteiger partial charge in [0.1, 0.15) is 5.75 Å². The van der Waals surface area contributed by atoms with Crippen LogP contribution in [0.4, 0.5) is 5.69 Å². The number of anilines is 1. The fourth-order valence-electron chi connectivity index (χ4n) is 3.69. The summed E-state index contributed by atoms with van der Waals surface area (Å²) in [5.74, 6) is 0.599. The largest absolute Gasteiger partial charge is 0.497 e. The Labute approximate surface area is 192 Å². The van der Waals surface area contributed by atoms with Crippen LogP contribution in [0.2, 0.25) is 0 Å². The molecule has 1 aliphatic heterocycles. The first-order valence-corrected chi connectivity index (χ1v) is 11.1. The van der Waals surface area contributed by atoms with E-state index in [1.165, 1.54) is 6.92 Å². The molecule has 0 aliphatic carbocycles. The minimum absolute atomic E-state index is 0.0894. The fraction of sp³-hybridized carbons (Fsp3) is 0.154. The molecule has 2 amide bonds. The highest BCUT2D eigenvalue weighted by atomic mass is 32.2. The minimum atomic E-state index is -0.321. The molecule has 3 aromatic carbocycles. The molecule has 32 heavy (non-hydrogen) atoms. The Hall–Kier alpha value is -3.51. The van der Waals surface area contributed by atoms with E-state index in [2.05, 4.69) is 5.32 Å². The predicted molar refractivity (Wildman–Crippen MR) is 128 cm³/mol. The maximum absolute atomic E-state index is 12.8. The normalized spacial score (nSPS) is 14.6. The number of nitrogens with one attached hydrogen (secondary N) is 1. The van der Waals surface area contributed by atoms with Gasteiger partial charge in [0.05, 0.1) is 19.6 Å². The van der Waals surface area contributed by atoms with Crippen molar-refractivity contribution in [3.05, 3.63) is 90.1 Å². The van der Waals surface area contributed by atoms with Gasteiger partial charge in [-0.1, -0.05) is 36.0 Å². The van der Waals surface area contributed by atoms with Crippen LogP contribution in [-0.4, -0.2) is 23.8 Å². The van der Waals surface area contributed by atoms with Crippen molar-refractivity contribution >= 4 is 35.3 Å². The fourth-order valence-corrected chi connectivity index (χ4v) is 4.50. The van der Waals surface area contributed by atoms with Gasteiger partial charge in [-0.05, 0) is 65.7 Å². The van der Waals surface area contributed by atoms with Crippen molar-refractivity contribution in [2.75, 3.05) is 12.4 Å². The van der Waals surface area contributed by atoms with Crippen molar-refractivity contribution in [2.24, 2.45) is 0 Å². The summed E-state index contributed by atoms with van der Waals surface area (Å²) in [5, 5.41) is 2.96. The zero-order chi connectivity index (χ0) is 22.5. The monoisotopic (exact) mass is 444 g/mol. The van der Waals surface area contributed by atoms with Crippen molar-refractivity contribution < 1.29 is 14.3 Å². The molecule has 1 aliphatic rings. The molecule has 0 saturated heterocycles. The van der Waals surface area contributed by atoms with Gasteiger partial charge in [-0.3, -0.25) is 9.59 Å². The molecule has 3 aromatic rings. The van der Waals surface area contributed by atoms with Crippen molar-refractivity contribution in [3.63, 3.8) is 0 Å². The van der Waals surface area contributed by atoms with E-state index < -0.39 is 0 Å². The lowest BCUT2D eigenvalue weighted by Crippen LogP contribution is -2.33. The lowest BCUT2D eigenvalue weighted by atomic mass is 9.93. The lowest BCUT2D eigenvalue weighted by Gasteiger charge is -2.32. The molecule has 1 atom stereocenters. The van der Waals surface area contributed by atoms with Crippen molar-refractivity contribution in [1.29, 1.82) is 0 Å². The number of hydrogen-bond acceptors (Lipinski definition) is 4. The number of benzene rings is 3. The first-order valence-electron chi connectivity index (χ1n) is 10.3. The van der Waals surface area contributed by atoms with Crippen LogP contribution in [0, 0.1) is 0 Å². The maximum atomic E-state index is 12.8. The third-order valence-corrected chi connectivity index (χ3v) is 6.30. The molecule has 0 saturated carbocycles. The van der Waals surface area contributed by atoms with Gasteiger partial charge in [0.2, 0.25) is 11.8 Å². The molecule has 0 aromatic heterocycles. The standard InChI is InChI=1S/C26H24N2O3S/c1-18(29)28-16-15-19-5-3-4-6-24(19)25(28)17-26(30)27-20-7-11-22(12-8-20)32-23-13-9-21(31-2)10-14-23/h3-16,25H,17H2,1-2H3,(H,27,30). The molecule has 4 rings (SSSR count). The highest BCUT2D eigenvalue weighted by Crippen LogP contribution is 2.33. The molecule has 5 nitrogen and oxygen atoms in total. The molecule has 1 unspecified atom stereocenters. The highest BCUT2D eigenvalue weighted by Gasteiger charge is 2.28. The third-order valence-electron chi connectivity index (χ3n) is 5.28. The van der Waals surface area contributed by atoms with Crippen LogP contribution in [0.15, 0.2) is 88.8 Å². The summed E-state index contributed by atoms with van der Waals surface area (Å²) < 4.78 is 5.19. The van der Waals surface area contributed by atoms with E-state index in [-0.39, 0.29) is 24.3 Å². The van der Waals surface area contributed by atoms with Crippen molar-refractivity contribution in [1.82, 2.24) is 4.90 Å². The van der Waals surface area contributed by atoms with E-state index in [0.717, 1.165) is 32.4 Å². The Balaban J connectivity index is 1.41. The van der Waals surface area contributed by atoms with Gasteiger partial charge < -0.3 is 15.0 Å². The van der Waals surface area contributed by atoms with Crippen molar-refractivity contribution in [3.8, 4) is 5.75 Å². The van der Waals surface area contributed by atoms with E-state index in [9.17, 15) is 9.59 Å². The number of fused-ring (bicyclic) bond motifs is 1. The second-order valence-electron chi connectivity index (χ2n) is 7.44. The second kappa shape index (κ2) is 9.75. The van der Waals surface area contributed by atoms with Crippen LogP contribution in [0.25, 0.3) is 6.08 Å². The quantitative estimate of drug-likeness (QED) is 0.526. The number of carbonyl (C=O) groups is 2. The van der Waals surface area contributed by atoms with Crippen LogP contribution in [0.1, 0.15) is 30.5 Å². The molecular formula is C26H24N2O3S. The lowest BCUT2D eigenvalue weighted by molar-refractivity contribution is -0.129. The minimum Gasteiger partial charge on any atom is -0.497 e. The summed E-state index contributed by atoms with van der Waals surface area (Å²) in [4.78, 5) is 28.7. The molecule has 0 bridgehead atoms. The van der Waals surface area contributed by atoms with Crippen molar-refractivity contribution in [2.45, 2.75) is 29.2 Å². The molecule has 1 N–H and O–H groups in total. The number of rotatable bonds is 6. The first-order chi connectivity index (χ1) is 15.5. The van der Waals surface area contributed by atoms with E-state index in [4.69, 9.17) is 4.74 Å². The second-order valence-corrected chi connectivity index (χ2v) is 8.59. The predicted octanol–water partition coefficient (Wildman–Crippen LogP) is 5.75. The number of amides is 2. The van der Waals surface area contributed by atoms with Gasteiger partial charge in [0.15, 0.2) is 0 Å². The Morgan fingerprint density at radius 1 is 0.969 bits per heavy atom. The van der Waals surface area contributed by atoms with Crippen LogP contribution in [0.5, 0.6) is 5.75 Å². The SMILES string of the molecule is COc1ccc(Sc2ccc(NC(=O)CC3c4ccccc4C=CN3C(C)=O)cc2)cc1. The summed E-state index contributed by atoms with van der Waals surface area (Å²) in [5.41, 5.74) is 2.73. The maximum Gasteiger partial charge on any atom is 0.226 e. The van der Waals surface area contributed by atoms with Crippen LogP contribution in [0.3, 0.4) is 0 Å². The molecule has 1 heterocycles. The van der Waals surface area contributed by atoms with E-state index in [1.54, 1.807) is 30.0 Å². The van der Waals surface area contributed by atoms with E-state index in [1.807, 2.05) is 78.9 Å². The van der Waals surface area contributed by atoms with Gasteiger partial charge in [-0.2, -0.15) is 0 Å². The third kappa shape index (κ3) is 5.03. The van der Waals surface area contributed by atoms with Gasteiger partial charge in [0, 0.05) is 28.6 Å². The Morgan fingerprint density at radius 2 is 1.62 bits per heavy atom. The molecule has 6 heteroatoms. The van der Waals surface area contributed by atoms with E-state index in [0.29, 0.717) is 0 Å². The number of ether oxygens (including phenoxy) is 1.